The minimum Gasteiger partial charge on any atom is -0.298 e. The fraction of sp³-hybridized carbons (Fsp3) is 0.625. The lowest BCUT2D eigenvalue weighted by atomic mass is 10.2. The second-order valence-corrected chi connectivity index (χ2v) is 5.99. The van der Waals surface area contributed by atoms with Crippen LogP contribution in [0.5, 0.6) is 0 Å². The Bertz CT molecular complexity index is 296. The van der Waals surface area contributed by atoms with Crippen LogP contribution in [0.3, 0.4) is 0 Å². The Morgan fingerprint density at radius 1 is 1.57 bits per heavy atom. The molecule has 1 aliphatic rings. The summed E-state index contributed by atoms with van der Waals surface area (Å²) in [5.74, 6) is 3.53. The molecule has 0 aromatic carbocycles. The zero-order chi connectivity index (χ0) is 9.80. The van der Waals surface area contributed by atoms with E-state index in [0.29, 0.717) is 12.2 Å². The van der Waals surface area contributed by atoms with Gasteiger partial charge in [-0.2, -0.15) is 20.5 Å². The molecule has 1 aliphatic heterocycles. The zero-order valence-electron chi connectivity index (χ0n) is 7.51. The van der Waals surface area contributed by atoms with Crippen molar-refractivity contribution in [1.29, 1.82) is 0 Å². The summed E-state index contributed by atoms with van der Waals surface area (Å²) in [6.45, 7) is 0. The largest absolute Gasteiger partial charge is 0.298 e. The summed E-state index contributed by atoms with van der Waals surface area (Å²) in [7, 11) is 0. The van der Waals surface area contributed by atoms with Gasteiger partial charge in [0.2, 0.25) is 0 Å². The summed E-state index contributed by atoms with van der Waals surface area (Å²) < 4.78 is 7.93. The number of Topliss-reactive ketones (excluding diaryl/α,β-unsaturated/α-hetero) is 1. The normalized spacial score (nSPS) is 22.1. The van der Waals surface area contributed by atoms with E-state index in [4.69, 9.17) is 0 Å². The summed E-state index contributed by atoms with van der Waals surface area (Å²) in [6.07, 6.45) is 2.14. The lowest BCUT2D eigenvalue weighted by Gasteiger charge is -2.18. The van der Waals surface area contributed by atoms with Crippen LogP contribution in [0, 0.1) is 0 Å². The van der Waals surface area contributed by atoms with Gasteiger partial charge in [-0.05, 0) is 0 Å². The predicted molar refractivity (Wildman–Crippen MR) is 62.2 cm³/mol. The second kappa shape index (κ2) is 5.14. The van der Waals surface area contributed by atoms with E-state index < -0.39 is 0 Å². The smallest absolute Gasteiger partial charge is 0.152 e. The molecule has 0 radical (unpaired) electrons. The highest BCUT2D eigenvalue weighted by Crippen LogP contribution is 2.25. The van der Waals surface area contributed by atoms with E-state index in [1.807, 2.05) is 11.8 Å². The molecule has 0 amide bonds. The molecule has 2 rings (SSSR count). The van der Waals surface area contributed by atoms with Crippen molar-refractivity contribution in [3.8, 4) is 0 Å². The van der Waals surface area contributed by atoms with Crippen molar-refractivity contribution in [1.82, 2.24) is 8.75 Å². The lowest BCUT2D eigenvalue weighted by molar-refractivity contribution is -0.117. The molecule has 1 saturated heterocycles. The molecule has 14 heavy (non-hydrogen) atoms. The lowest BCUT2D eigenvalue weighted by Crippen LogP contribution is -2.25. The Balaban J connectivity index is 1.88. The van der Waals surface area contributed by atoms with E-state index in [2.05, 4.69) is 8.75 Å². The molecule has 76 valence electrons. The predicted octanol–water partition coefficient (Wildman–Crippen LogP) is 1.50. The first-order chi connectivity index (χ1) is 6.86. The molecule has 1 aromatic heterocycles. The average molecular weight is 246 g/mol. The number of hydrogen-bond acceptors (Lipinski definition) is 6. The van der Waals surface area contributed by atoms with E-state index in [1.54, 1.807) is 18.0 Å². The van der Waals surface area contributed by atoms with Gasteiger partial charge in [0.05, 0.1) is 35.3 Å². The minimum absolute atomic E-state index is 0.176. The van der Waals surface area contributed by atoms with Crippen LogP contribution >= 0.6 is 35.3 Å². The van der Waals surface area contributed by atoms with Crippen LogP contribution in [-0.2, 0) is 11.2 Å². The number of hydrogen-bond donors (Lipinski definition) is 0. The van der Waals surface area contributed by atoms with Crippen molar-refractivity contribution < 1.29 is 4.79 Å². The molecule has 0 aliphatic carbocycles. The van der Waals surface area contributed by atoms with E-state index in [-0.39, 0.29) is 5.25 Å². The molecule has 6 heteroatoms. The Morgan fingerprint density at radius 3 is 3.14 bits per heavy atom. The average Bonchev–Trinajstić information content (AvgIpc) is 2.72. The number of carbonyl (C=O) groups excluding carboxylic acids is 1. The highest BCUT2D eigenvalue weighted by Gasteiger charge is 2.22. The fourth-order valence-electron chi connectivity index (χ4n) is 1.23. The standard InChI is InChI=1S/C8H10N2OS3/c11-7(3-6-4-9-14-10-6)8-5-12-1-2-13-8/h4,8H,1-3,5H2. The highest BCUT2D eigenvalue weighted by molar-refractivity contribution is 8.07. The summed E-state index contributed by atoms with van der Waals surface area (Å²) in [6, 6.07) is 0. The van der Waals surface area contributed by atoms with E-state index >= 15 is 0 Å². The van der Waals surface area contributed by atoms with Gasteiger partial charge < -0.3 is 0 Å². The molecule has 0 spiro atoms. The van der Waals surface area contributed by atoms with Gasteiger partial charge in [0.15, 0.2) is 5.78 Å². The van der Waals surface area contributed by atoms with Gasteiger partial charge in [-0.1, -0.05) is 0 Å². The van der Waals surface area contributed by atoms with Crippen molar-refractivity contribution in [2.75, 3.05) is 17.3 Å². The van der Waals surface area contributed by atoms with Crippen molar-refractivity contribution >= 4 is 41.0 Å². The second-order valence-electron chi connectivity index (χ2n) is 2.98. The van der Waals surface area contributed by atoms with Crippen LogP contribution < -0.4 is 0 Å². The van der Waals surface area contributed by atoms with Crippen LogP contribution in [0.2, 0.25) is 0 Å². The van der Waals surface area contributed by atoms with Crippen molar-refractivity contribution in [3.05, 3.63) is 11.9 Å². The summed E-state index contributed by atoms with van der Waals surface area (Å²) in [5, 5.41) is 0.176. The minimum atomic E-state index is 0.176. The quantitative estimate of drug-likeness (QED) is 0.808. The van der Waals surface area contributed by atoms with Gasteiger partial charge in [-0.15, -0.1) is 11.8 Å². The number of thioether (sulfide) groups is 2. The van der Waals surface area contributed by atoms with Gasteiger partial charge >= 0.3 is 0 Å². The Labute approximate surface area is 95.4 Å². The number of nitrogens with zero attached hydrogens (tertiary/aromatic N) is 2. The molecule has 1 atom stereocenters. The number of carbonyl (C=O) groups is 1. The summed E-state index contributed by atoms with van der Waals surface area (Å²) >= 11 is 4.81. The topological polar surface area (TPSA) is 42.9 Å². The van der Waals surface area contributed by atoms with Crippen molar-refractivity contribution in [2.45, 2.75) is 11.7 Å². The summed E-state index contributed by atoms with van der Waals surface area (Å²) in [4.78, 5) is 11.8. The first-order valence-electron chi connectivity index (χ1n) is 4.35. The third kappa shape index (κ3) is 2.71. The van der Waals surface area contributed by atoms with Gasteiger partial charge in [0, 0.05) is 17.3 Å². The molecule has 0 N–H and O–H groups in total. The molecular formula is C8H10N2OS3. The van der Waals surface area contributed by atoms with E-state index in [0.717, 1.165) is 28.9 Å². The molecule has 0 saturated carbocycles. The molecule has 1 fully saturated rings. The number of rotatable bonds is 3. The Kier molecular flexibility index (Phi) is 3.83. The maximum absolute atomic E-state index is 11.8. The number of ketones is 1. The molecule has 3 nitrogen and oxygen atoms in total. The monoisotopic (exact) mass is 246 g/mol. The summed E-state index contributed by atoms with van der Waals surface area (Å²) in [5.41, 5.74) is 0.816. The van der Waals surface area contributed by atoms with Gasteiger partial charge in [0.1, 0.15) is 0 Å². The van der Waals surface area contributed by atoms with Gasteiger partial charge in [0.25, 0.3) is 0 Å². The Morgan fingerprint density at radius 2 is 2.50 bits per heavy atom. The molecule has 1 aromatic rings. The first-order valence-corrected chi connectivity index (χ1v) is 7.28. The van der Waals surface area contributed by atoms with Gasteiger partial charge in [-0.3, -0.25) is 4.79 Å². The van der Waals surface area contributed by atoms with E-state index in [9.17, 15) is 4.79 Å². The molecule has 1 unspecified atom stereocenters. The van der Waals surface area contributed by atoms with Crippen LogP contribution in [-0.4, -0.2) is 37.0 Å². The van der Waals surface area contributed by atoms with Crippen LogP contribution in [0.15, 0.2) is 6.20 Å². The molecular weight excluding hydrogens is 236 g/mol. The third-order valence-corrected chi connectivity index (χ3v) is 5.26. The van der Waals surface area contributed by atoms with Crippen LogP contribution in [0.4, 0.5) is 0 Å². The Hall–Kier alpha value is -0.0700. The zero-order valence-corrected chi connectivity index (χ0v) is 9.96. The number of aromatic nitrogens is 2. The maximum atomic E-state index is 11.8. The van der Waals surface area contributed by atoms with Crippen molar-refractivity contribution in [2.24, 2.45) is 0 Å². The van der Waals surface area contributed by atoms with Crippen LogP contribution in [0.1, 0.15) is 5.69 Å². The third-order valence-electron chi connectivity index (χ3n) is 1.94. The fourth-order valence-corrected chi connectivity index (χ4v) is 4.31. The van der Waals surface area contributed by atoms with Gasteiger partial charge in [-0.25, -0.2) is 0 Å². The van der Waals surface area contributed by atoms with E-state index in [1.165, 1.54) is 5.75 Å². The molecule has 2 heterocycles. The van der Waals surface area contributed by atoms with Crippen LogP contribution in [0.25, 0.3) is 0 Å². The molecule has 0 bridgehead atoms. The highest BCUT2D eigenvalue weighted by atomic mass is 32.2. The van der Waals surface area contributed by atoms with Crippen molar-refractivity contribution in [3.63, 3.8) is 0 Å². The maximum Gasteiger partial charge on any atom is 0.152 e. The first kappa shape index (κ1) is 10.4. The SMILES string of the molecule is O=C(Cc1cnsn1)C1CSCCS1.